The Morgan fingerprint density at radius 2 is 1.96 bits per heavy atom. The number of thiophene rings is 1. The molecule has 0 aliphatic heterocycles. The molecular formula is C18H26FIN4S. The summed E-state index contributed by atoms with van der Waals surface area (Å²) in [6.07, 6.45) is 0. The van der Waals surface area contributed by atoms with Crippen LogP contribution in [0, 0.1) is 12.7 Å². The summed E-state index contributed by atoms with van der Waals surface area (Å²) < 4.78 is 14.0. The number of aliphatic imine (C=N–C) groups is 1. The molecule has 0 saturated heterocycles. The van der Waals surface area contributed by atoms with Crippen LogP contribution in [-0.2, 0) is 13.1 Å². The molecule has 1 aromatic heterocycles. The van der Waals surface area contributed by atoms with E-state index in [9.17, 15) is 4.39 Å². The molecule has 7 heteroatoms. The van der Waals surface area contributed by atoms with Gasteiger partial charge in [-0.3, -0.25) is 0 Å². The zero-order chi connectivity index (χ0) is 17.5. The minimum absolute atomic E-state index is 0. The van der Waals surface area contributed by atoms with Crippen molar-refractivity contribution in [3.63, 3.8) is 0 Å². The van der Waals surface area contributed by atoms with Crippen molar-refractivity contribution in [2.45, 2.75) is 26.9 Å². The van der Waals surface area contributed by atoms with Gasteiger partial charge in [-0.05, 0) is 43.7 Å². The number of nitrogens with one attached hydrogen (secondary N) is 2. The van der Waals surface area contributed by atoms with E-state index in [2.05, 4.69) is 34.7 Å². The second kappa shape index (κ2) is 10.6. The zero-order valence-corrected chi connectivity index (χ0v) is 18.2. The highest BCUT2D eigenvalue weighted by Gasteiger charge is 2.06. The van der Waals surface area contributed by atoms with Gasteiger partial charge in [0.15, 0.2) is 5.96 Å². The largest absolute Gasteiger partial charge is 0.375 e. The fraction of sp³-hybridized carbons (Fsp3) is 0.389. The van der Waals surface area contributed by atoms with E-state index >= 15 is 0 Å². The van der Waals surface area contributed by atoms with Crippen LogP contribution in [0.2, 0.25) is 0 Å². The average molecular weight is 476 g/mol. The van der Waals surface area contributed by atoms with Gasteiger partial charge in [0.25, 0.3) is 0 Å². The zero-order valence-electron chi connectivity index (χ0n) is 15.1. The van der Waals surface area contributed by atoms with Crippen LogP contribution < -0.4 is 15.5 Å². The Labute approximate surface area is 170 Å². The highest BCUT2D eigenvalue weighted by atomic mass is 127. The summed E-state index contributed by atoms with van der Waals surface area (Å²) in [4.78, 5) is 8.86. The third-order valence-electron chi connectivity index (χ3n) is 3.48. The molecule has 25 heavy (non-hydrogen) atoms. The number of benzene rings is 1. The summed E-state index contributed by atoms with van der Waals surface area (Å²) in [5.41, 5.74) is 1.43. The first-order valence-electron chi connectivity index (χ1n) is 8.03. The van der Waals surface area contributed by atoms with Crippen LogP contribution in [0.3, 0.4) is 0 Å². The molecule has 0 bridgehead atoms. The number of hydrogen-bond acceptors (Lipinski definition) is 3. The Kier molecular flexibility index (Phi) is 9.20. The molecule has 4 nitrogen and oxygen atoms in total. The van der Waals surface area contributed by atoms with Crippen LogP contribution in [0.15, 0.2) is 35.3 Å². The van der Waals surface area contributed by atoms with Crippen LogP contribution in [0.1, 0.15) is 22.2 Å². The quantitative estimate of drug-likeness (QED) is 0.374. The van der Waals surface area contributed by atoms with Gasteiger partial charge in [-0.25, -0.2) is 9.38 Å². The first-order chi connectivity index (χ1) is 11.5. The second-order valence-corrected chi connectivity index (χ2v) is 7.11. The standard InChI is InChI=1S/C18H25FN4S.HI/c1-5-20-18(22-12-15-8-6-13(2)24-15)21-11-14-7-9-17(23(3)4)16(19)10-14;/h6-10H,5,11-12H2,1-4H3,(H2,20,21,22);1H. The summed E-state index contributed by atoms with van der Waals surface area (Å²) in [7, 11) is 3.66. The number of guanidine groups is 1. The molecule has 1 heterocycles. The van der Waals surface area contributed by atoms with Gasteiger partial charge < -0.3 is 15.5 Å². The minimum atomic E-state index is -0.222. The fourth-order valence-corrected chi connectivity index (χ4v) is 3.10. The maximum atomic E-state index is 14.0. The van der Waals surface area contributed by atoms with Gasteiger partial charge in [-0.15, -0.1) is 35.3 Å². The molecule has 0 unspecified atom stereocenters. The predicted molar refractivity (Wildman–Crippen MR) is 117 cm³/mol. The van der Waals surface area contributed by atoms with Gasteiger partial charge in [-0.2, -0.15) is 0 Å². The Hall–Kier alpha value is -1.35. The molecule has 0 spiro atoms. The Bertz CT molecular complexity index is 700. The van der Waals surface area contributed by atoms with Crippen molar-refractivity contribution in [3.8, 4) is 0 Å². The maximum absolute atomic E-state index is 14.0. The Morgan fingerprint density at radius 1 is 1.20 bits per heavy atom. The lowest BCUT2D eigenvalue weighted by Crippen LogP contribution is -2.36. The number of hydrogen-bond donors (Lipinski definition) is 2. The van der Waals surface area contributed by atoms with Crippen molar-refractivity contribution in [2.24, 2.45) is 4.99 Å². The predicted octanol–water partition coefficient (Wildman–Crippen LogP) is 4.13. The van der Waals surface area contributed by atoms with E-state index in [4.69, 9.17) is 0 Å². The van der Waals surface area contributed by atoms with E-state index in [1.165, 1.54) is 9.75 Å². The molecule has 1 aromatic carbocycles. The third-order valence-corrected chi connectivity index (χ3v) is 4.48. The first kappa shape index (κ1) is 21.7. The Balaban J connectivity index is 0.00000312. The number of rotatable bonds is 6. The van der Waals surface area contributed by atoms with Gasteiger partial charge >= 0.3 is 0 Å². The molecule has 0 amide bonds. The molecular weight excluding hydrogens is 450 g/mol. The van der Waals surface area contributed by atoms with E-state index in [1.54, 1.807) is 28.4 Å². The van der Waals surface area contributed by atoms with Crippen molar-refractivity contribution in [3.05, 3.63) is 51.5 Å². The SMILES string of the molecule is CCNC(=NCc1ccc(N(C)C)c(F)c1)NCc1ccc(C)s1.I. The molecule has 2 aromatic rings. The molecule has 0 fully saturated rings. The van der Waals surface area contributed by atoms with E-state index in [0.717, 1.165) is 24.6 Å². The number of nitrogens with zero attached hydrogens (tertiary/aromatic N) is 2. The van der Waals surface area contributed by atoms with Crippen LogP contribution >= 0.6 is 35.3 Å². The van der Waals surface area contributed by atoms with E-state index in [0.29, 0.717) is 12.2 Å². The molecule has 0 radical (unpaired) electrons. The summed E-state index contributed by atoms with van der Waals surface area (Å²) in [5.74, 6) is 0.514. The first-order valence-corrected chi connectivity index (χ1v) is 8.84. The molecule has 0 aliphatic carbocycles. The minimum Gasteiger partial charge on any atom is -0.375 e. The highest BCUT2D eigenvalue weighted by Crippen LogP contribution is 2.18. The van der Waals surface area contributed by atoms with Crippen molar-refractivity contribution >= 4 is 47.0 Å². The topological polar surface area (TPSA) is 39.7 Å². The molecule has 0 saturated carbocycles. The maximum Gasteiger partial charge on any atom is 0.191 e. The highest BCUT2D eigenvalue weighted by molar-refractivity contribution is 14.0. The smallest absolute Gasteiger partial charge is 0.191 e. The second-order valence-electron chi connectivity index (χ2n) is 5.74. The molecule has 2 rings (SSSR count). The Morgan fingerprint density at radius 3 is 2.52 bits per heavy atom. The molecule has 138 valence electrons. The lowest BCUT2D eigenvalue weighted by atomic mass is 10.2. The van der Waals surface area contributed by atoms with Crippen LogP contribution in [0.5, 0.6) is 0 Å². The van der Waals surface area contributed by atoms with Gasteiger partial charge in [0.1, 0.15) is 5.82 Å². The van der Waals surface area contributed by atoms with Crippen molar-refractivity contribution < 1.29 is 4.39 Å². The number of aryl methyl sites for hydroxylation is 1. The molecule has 2 N–H and O–H groups in total. The normalized spacial score (nSPS) is 11.0. The lowest BCUT2D eigenvalue weighted by molar-refractivity contribution is 0.624. The van der Waals surface area contributed by atoms with Gasteiger partial charge in [0, 0.05) is 30.4 Å². The summed E-state index contributed by atoms with van der Waals surface area (Å²) in [6.45, 7) is 6.07. The van der Waals surface area contributed by atoms with E-state index < -0.39 is 0 Å². The van der Waals surface area contributed by atoms with E-state index in [1.807, 2.05) is 27.1 Å². The molecule has 0 atom stereocenters. The van der Waals surface area contributed by atoms with E-state index in [-0.39, 0.29) is 29.8 Å². The van der Waals surface area contributed by atoms with Crippen molar-refractivity contribution in [1.29, 1.82) is 0 Å². The monoisotopic (exact) mass is 476 g/mol. The van der Waals surface area contributed by atoms with Crippen LogP contribution in [0.4, 0.5) is 10.1 Å². The van der Waals surface area contributed by atoms with Crippen LogP contribution in [-0.4, -0.2) is 26.6 Å². The lowest BCUT2D eigenvalue weighted by Gasteiger charge is -2.14. The van der Waals surface area contributed by atoms with Gasteiger partial charge in [-0.1, -0.05) is 6.07 Å². The summed E-state index contributed by atoms with van der Waals surface area (Å²) >= 11 is 1.77. The number of halogens is 2. The van der Waals surface area contributed by atoms with Crippen molar-refractivity contribution in [1.82, 2.24) is 10.6 Å². The summed E-state index contributed by atoms with van der Waals surface area (Å²) in [6, 6.07) is 9.47. The van der Waals surface area contributed by atoms with Crippen molar-refractivity contribution in [2.75, 3.05) is 25.5 Å². The molecule has 0 aliphatic rings. The average Bonchev–Trinajstić information content (AvgIpc) is 2.95. The van der Waals surface area contributed by atoms with Gasteiger partial charge in [0.2, 0.25) is 0 Å². The van der Waals surface area contributed by atoms with Crippen LogP contribution in [0.25, 0.3) is 0 Å². The number of anilines is 1. The van der Waals surface area contributed by atoms with Gasteiger partial charge in [0.05, 0.1) is 18.8 Å². The third kappa shape index (κ3) is 6.81. The summed E-state index contributed by atoms with van der Waals surface area (Å²) in [5, 5.41) is 6.53. The fourth-order valence-electron chi connectivity index (χ4n) is 2.27.